The van der Waals surface area contributed by atoms with Crippen LogP contribution in [0.5, 0.6) is 0 Å². The van der Waals surface area contributed by atoms with Crippen LogP contribution in [0.3, 0.4) is 0 Å². The average Bonchev–Trinajstić information content (AvgIpc) is 2.34. The van der Waals surface area contributed by atoms with Gasteiger partial charge < -0.3 is 5.32 Å². The Morgan fingerprint density at radius 3 is 2.47 bits per heavy atom. The first-order valence-corrected chi connectivity index (χ1v) is 5.78. The Balaban J connectivity index is 2.24. The van der Waals surface area contributed by atoms with Gasteiger partial charge in [0, 0.05) is 5.69 Å². The molecule has 0 bridgehead atoms. The van der Waals surface area contributed by atoms with E-state index in [0.29, 0.717) is 5.69 Å². The van der Waals surface area contributed by atoms with Crippen molar-refractivity contribution in [3.8, 4) is 0 Å². The van der Waals surface area contributed by atoms with Crippen molar-refractivity contribution in [1.82, 2.24) is 0 Å². The molecule has 1 N–H and O–H groups in total. The Morgan fingerprint density at radius 2 is 1.76 bits per heavy atom. The quantitative estimate of drug-likeness (QED) is 0.895. The minimum absolute atomic E-state index is 0.174. The van der Waals surface area contributed by atoms with Crippen LogP contribution in [0.4, 0.5) is 10.1 Å². The van der Waals surface area contributed by atoms with Gasteiger partial charge in [0.05, 0.1) is 10.0 Å². The number of hydrogen-bond acceptors (Lipinski definition) is 1. The van der Waals surface area contributed by atoms with Crippen molar-refractivity contribution in [2.45, 2.75) is 0 Å². The summed E-state index contributed by atoms with van der Waals surface area (Å²) in [6.07, 6.45) is 0. The predicted octanol–water partition coefficient (Wildman–Crippen LogP) is 3.84. The lowest BCUT2D eigenvalue weighted by Crippen LogP contribution is -2.12. The molecule has 0 radical (unpaired) electrons. The Kier molecular flexibility index (Phi) is 3.54. The van der Waals surface area contributed by atoms with Gasteiger partial charge in [0.15, 0.2) is 0 Å². The number of carbonyl (C=O) groups is 1. The lowest BCUT2D eigenvalue weighted by molar-refractivity contribution is 0.102. The Hall–Kier alpha value is -1.68. The molecule has 0 heterocycles. The number of hydrogen-bond donors (Lipinski definition) is 1. The third-order valence-corrected chi connectivity index (χ3v) is 3.03. The molecule has 2 nitrogen and oxygen atoms in total. The van der Waals surface area contributed by atoms with Gasteiger partial charge >= 0.3 is 0 Å². The van der Waals surface area contributed by atoms with Gasteiger partial charge in [0.25, 0.3) is 5.91 Å². The number of halogens is 2. The number of rotatable bonds is 2. The lowest BCUT2D eigenvalue weighted by Gasteiger charge is -2.06. The molecule has 0 spiro atoms. The summed E-state index contributed by atoms with van der Waals surface area (Å²) in [6, 6.07) is 13.4. The van der Waals surface area contributed by atoms with Crippen LogP contribution in [0, 0.1) is 5.82 Å². The molecule has 0 saturated carbocycles. The first-order chi connectivity index (χ1) is 8.18. The maximum Gasteiger partial charge on any atom is 0.256 e. The molecule has 4 heteroatoms. The molecule has 1 amide bonds. The number of para-hydroxylation sites is 1. The summed E-state index contributed by atoms with van der Waals surface area (Å²) in [5.41, 5.74) is 0.947. The molecule has 0 aliphatic carbocycles. The van der Waals surface area contributed by atoms with E-state index in [1.807, 2.05) is 18.2 Å². The van der Waals surface area contributed by atoms with Crippen LogP contribution in [-0.4, -0.2) is 5.91 Å². The fourth-order valence-corrected chi connectivity index (χ4v) is 1.84. The van der Waals surface area contributed by atoms with E-state index in [-0.39, 0.29) is 15.9 Å². The lowest BCUT2D eigenvalue weighted by atomic mass is 10.2. The summed E-state index contributed by atoms with van der Waals surface area (Å²) < 4.78 is 13.4. The average molecular weight is 294 g/mol. The van der Waals surface area contributed by atoms with Gasteiger partial charge in [-0.25, -0.2) is 4.39 Å². The van der Waals surface area contributed by atoms with Crippen LogP contribution in [0.25, 0.3) is 0 Å². The maximum atomic E-state index is 13.3. The summed E-state index contributed by atoms with van der Waals surface area (Å²) >= 11 is 3.06. The summed E-state index contributed by atoms with van der Waals surface area (Å²) in [5, 5.41) is 2.69. The van der Waals surface area contributed by atoms with Gasteiger partial charge in [-0.3, -0.25) is 4.79 Å². The fraction of sp³-hybridized carbons (Fsp3) is 0. The molecule has 86 valence electrons. The molecule has 0 aliphatic heterocycles. The molecule has 0 aliphatic rings. The normalized spacial score (nSPS) is 10.0. The van der Waals surface area contributed by atoms with Gasteiger partial charge in [0.2, 0.25) is 0 Å². The third-order valence-electron chi connectivity index (χ3n) is 2.23. The van der Waals surface area contributed by atoms with Gasteiger partial charge in [-0.1, -0.05) is 24.3 Å². The van der Waals surface area contributed by atoms with Crippen molar-refractivity contribution in [1.29, 1.82) is 0 Å². The zero-order valence-corrected chi connectivity index (χ0v) is 10.4. The Labute approximate surface area is 107 Å². The Bertz CT molecular complexity index is 542. The fourth-order valence-electron chi connectivity index (χ4n) is 1.40. The molecule has 17 heavy (non-hydrogen) atoms. The van der Waals surface area contributed by atoms with Crippen molar-refractivity contribution >= 4 is 27.5 Å². The highest BCUT2D eigenvalue weighted by molar-refractivity contribution is 9.10. The van der Waals surface area contributed by atoms with E-state index in [2.05, 4.69) is 21.2 Å². The number of carbonyl (C=O) groups excluding carboxylic acids is 1. The van der Waals surface area contributed by atoms with Crippen molar-refractivity contribution in [2.75, 3.05) is 5.32 Å². The minimum Gasteiger partial charge on any atom is -0.322 e. The standard InChI is InChI=1S/C13H9BrFNO/c14-12-10(7-4-8-11(12)15)13(17)16-9-5-2-1-3-6-9/h1-8H,(H,16,17). The molecule has 2 aromatic carbocycles. The van der Waals surface area contributed by atoms with E-state index in [1.54, 1.807) is 18.2 Å². The van der Waals surface area contributed by atoms with E-state index in [9.17, 15) is 9.18 Å². The zero-order valence-electron chi connectivity index (χ0n) is 8.78. The monoisotopic (exact) mass is 293 g/mol. The molecule has 2 aromatic rings. The topological polar surface area (TPSA) is 29.1 Å². The predicted molar refractivity (Wildman–Crippen MR) is 68.5 cm³/mol. The number of nitrogens with one attached hydrogen (secondary N) is 1. The third kappa shape index (κ3) is 2.71. The van der Waals surface area contributed by atoms with Crippen LogP contribution >= 0.6 is 15.9 Å². The molecule has 0 unspecified atom stereocenters. The SMILES string of the molecule is O=C(Nc1ccccc1)c1cccc(F)c1Br. The van der Waals surface area contributed by atoms with Crippen LogP contribution in [0.15, 0.2) is 53.0 Å². The van der Waals surface area contributed by atoms with Gasteiger partial charge in [-0.2, -0.15) is 0 Å². The maximum absolute atomic E-state index is 13.3. The van der Waals surface area contributed by atoms with Crippen LogP contribution in [0.1, 0.15) is 10.4 Å². The van der Waals surface area contributed by atoms with Crippen LogP contribution < -0.4 is 5.32 Å². The summed E-state index contributed by atoms with van der Waals surface area (Å²) in [5.74, 6) is -0.798. The van der Waals surface area contributed by atoms with E-state index >= 15 is 0 Å². The van der Waals surface area contributed by atoms with E-state index in [0.717, 1.165) is 0 Å². The number of benzene rings is 2. The van der Waals surface area contributed by atoms with E-state index < -0.39 is 5.82 Å². The summed E-state index contributed by atoms with van der Waals surface area (Å²) in [7, 11) is 0. The molecular weight excluding hydrogens is 285 g/mol. The van der Waals surface area contributed by atoms with E-state index in [4.69, 9.17) is 0 Å². The zero-order chi connectivity index (χ0) is 12.3. The highest BCUT2D eigenvalue weighted by atomic mass is 79.9. The second kappa shape index (κ2) is 5.10. The van der Waals surface area contributed by atoms with Gasteiger partial charge in [-0.15, -0.1) is 0 Å². The first kappa shape index (κ1) is 11.8. The van der Waals surface area contributed by atoms with Gasteiger partial charge in [0.1, 0.15) is 5.82 Å². The van der Waals surface area contributed by atoms with Crippen molar-refractivity contribution in [3.05, 3.63) is 64.4 Å². The second-order valence-electron chi connectivity index (χ2n) is 3.42. The first-order valence-electron chi connectivity index (χ1n) is 4.99. The molecule has 0 saturated heterocycles. The van der Waals surface area contributed by atoms with Crippen LogP contribution in [0.2, 0.25) is 0 Å². The smallest absolute Gasteiger partial charge is 0.256 e. The largest absolute Gasteiger partial charge is 0.322 e. The number of anilines is 1. The Morgan fingerprint density at radius 1 is 1.06 bits per heavy atom. The highest BCUT2D eigenvalue weighted by Gasteiger charge is 2.12. The summed E-state index contributed by atoms with van der Waals surface area (Å²) in [4.78, 5) is 11.9. The second-order valence-corrected chi connectivity index (χ2v) is 4.21. The van der Waals surface area contributed by atoms with Crippen molar-refractivity contribution < 1.29 is 9.18 Å². The molecule has 0 atom stereocenters. The molecule has 2 rings (SSSR count). The van der Waals surface area contributed by atoms with E-state index in [1.165, 1.54) is 12.1 Å². The highest BCUT2D eigenvalue weighted by Crippen LogP contribution is 2.21. The van der Waals surface area contributed by atoms with Crippen LogP contribution in [-0.2, 0) is 0 Å². The molecule has 0 fully saturated rings. The van der Waals surface area contributed by atoms with Crippen molar-refractivity contribution in [2.24, 2.45) is 0 Å². The minimum atomic E-state index is -0.453. The molecular formula is C13H9BrFNO. The number of amides is 1. The molecule has 0 aromatic heterocycles. The van der Waals surface area contributed by atoms with Crippen molar-refractivity contribution in [3.63, 3.8) is 0 Å². The summed E-state index contributed by atoms with van der Waals surface area (Å²) in [6.45, 7) is 0. The van der Waals surface area contributed by atoms with Gasteiger partial charge in [-0.05, 0) is 40.2 Å².